The van der Waals surface area contributed by atoms with Crippen molar-refractivity contribution in [3.8, 4) is 0 Å². The summed E-state index contributed by atoms with van der Waals surface area (Å²) in [5, 5.41) is 3.72. The van der Waals surface area contributed by atoms with Gasteiger partial charge in [0.15, 0.2) is 0 Å². The lowest BCUT2D eigenvalue weighted by Crippen LogP contribution is -2.37. The molecule has 0 bridgehead atoms. The maximum absolute atomic E-state index is 3.72. The van der Waals surface area contributed by atoms with Gasteiger partial charge in [0.25, 0.3) is 0 Å². The fourth-order valence-electron chi connectivity index (χ4n) is 2.92. The van der Waals surface area contributed by atoms with Gasteiger partial charge in [0, 0.05) is 30.1 Å². The molecule has 2 rings (SSSR count). The van der Waals surface area contributed by atoms with Crippen LogP contribution in [-0.4, -0.2) is 31.1 Å². The highest BCUT2D eigenvalue weighted by Gasteiger charge is 2.17. The second-order valence-corrected chi connectivity index (χ2v) is 7.09. The molecule has 0 radical (unpaired) electrons. The number of hydrogen-bond acceptors (Lipinski definition) is 2. The second kappa shape index (κ2) is 8.16. The smallest absolute Gasteiger partial charge is 0.0242 e. The minimum Gasteiger partial charge on any atom is -0.313 e. The summed E-state index contributed by atoms with van der Waals surface area (Å²) in [5.41, 5.74) is 1.36. The first-order valence-corrected chi connectivity index (χ1v) is 8.60. The van der Waals surface area contributed by atoms with Crippen LogP contribution in [0.25, 0.3) is 0 Å². The zero-order valence-electron chi connectivity index (χ0n) is 12.7. The SMILES string of the molecule is CC1CCC(NCCN(C)Cc2ccccc2Br)CC1. The molecule has 0 amide bonds. The Bertz CT molecular complexity index is 400. The Hall–Kier alpha value is -0.380. The van der Waals surface area contributed by atoms with E-state index in [-0.39, 0.29) is 0 Å². The zero-order chi connectivity index (χ0) is 14.4. The van der Waals surface area contributed by atoms with Gasteiger partial charge in [-0.2, -0.15) is 0 Å². The Morgan fingerprint density at radius 1 is 1.20 bits per heavy atom. The van der Waals surface area contributed by atoms with E-state index in [1.165, 1.54) is 35.7 Å². The molecule has 0 atom stereocenters. The van der Waals surface area contributed by atoms with Crippen LogP contribution in [0, 0.1) is 5.92 Å². The average Bonchev–Trinajstić information content (AvgIpc) is 2.44. The summed E-state index contributed by atoms with van der Waals surface area (Å²) >= 11 is 3.62. The maximum atomic E-state index is 3.72. The van der Waals surface area contributed by atoms with Crippen molar-refractivity contribution in [2.75, 3.05) is 20.1 Å². The van der Waals surface area contributed by atoms with Gasteiger partial charge in [-0.1, -0.05) is 41.1 Å². The van der Waals surface area contributed by atoms with Crippen LogP contribution in [0.1, 0.15) is 38.2 Å². The molecule has 0 saturated heterocycles. The molecule has 1 aliphatic rings. The van der Waals surface area contributed by atoms with Gasteiger partial charge in [-0.15, -0.1) is 0 Å². The van der Waals surface area contributed by atoms with Crippen LogP contribution >= 0.6 is 15.9 Å². The van der Waals surface area contributed by atoms with Crippen LogP contribution < -0.4 is 5.32 Å². The number of hydrogen-bond donors (Lipinski definition) is 1. The quantitative estimate of drug-likeness (QED) is 0.841. The van der Waals surface area contributed by atoms with E-state index in [0.29, 0.717) is 0 Å². The average molecular weight is 339 g/mol. The van der Waals surface area contributed by atoms with Crippen molar-refractivity contribution in [2.45, 2.75) is 45.2 Å². The molecule has 0 heterocycles. The van der Waals surface area contributed by atoms with E-state index in [2.05, 4.69) is 64.4 Å². The highest BCUT2D eigenvalue weighted by molar-refractivity contribution is 9.10. The molecule has 1 aromatic carbocycles. The van der Waals surface area contributed by atoms with Crippen molar-refractivity contribution in [1.29, 1.82) is 0 Å². The summed E-state index contributed by atoms with van der Waals surface area (Å²) < 4.78 is 1.21. The third kappa shape index (κ3) is 5.19. The molecule has 1 fully saturated rings. The van der Waals surface area contributed by atoms with Gasteiger partial charge in [0.05, 0.1) is 0 Å². The van der Waals surface area contributed by atoms with Gasteiger partial charge in [-0.3, -0.25) is 0 Å². The van der Waals surface area contributed by atoms with Gasteiger partial charge < -0.3 is 10.2 Å². The predicted octanol–water partition coefficient (Wildman–Crippen LogP) is 4.05. The van der Waals surface area contributed by atoms with E-state index < -0.39 is 0 Å². The van der Waals surface area contributed by atoms with Crippen LogP contribution in [0.15, 0.2) is 28.7 Å². The summed E-state index contributed by atoms with van der Waals surface area (Å²) in [5.74, 6) is 0.936. The fourth-order valence-corrected chi connectivity index (χ4v) is 3.33. The largest absolute Gasteiger partial charge is 0.313 e. The van der Waals surface area contributed by atoms with Crippen molar-refractivity contribution in [3.63, 3.8) is 0 Å². The van der Waals surface area contributed by atoms with Gasteiger partial charge in [-0.25, -0.2) is 0 Å². The van der Waals surface area contributed by atoms with Gasteiger partial charge in [0.1, 0.15) is 0 Å². The van der Waals surface area contributed by atoms with Gasteiger partial charge in [-0.05, 0) is 50.3 Å². The Labute approximate surface area is 132 Å². The third-order valence-electron chi connectivity index (χ3n) is 4.34. The van der Waals surface area contributed by atoms with E-state index in [9.17, 15) is 0 Å². The molecule has 112 valence electrons. The first-order chi connectivity index (χ1) is 9.65. The number of halogens is 1. The normalized spacial score (nSPS) is 23.2. The minimum absolute atomic E-state index is 0.753. The van der Waals surface area contributed by atoms with Crippen molar-refractivity contribution in [2.24, 2.45) is 5.92 Å². The summed E-state index contributed by atoms with van der Waals surface area (Å²) in [4.78, 5) is 2.39. The van der Waals surface area contributed by atoms with Crippen molar-refractivity contribution in [1.82, 2.24) is 10.2 Å². The molecule has 0 unspecified atom stereocenters. The van der Waals surface area contributed by atoms with E-state index in [4.69, 9.17) is 0 Å². The second-order valence-electron chi connectivity index (χ2n) is 6.24. The Balaban J connectivity index is 1.65. The molecular formula is C17H27BrN2. The lowest BCUT2D eigenvalue weighted by molar-refractivity contribution is 0.278. The first-order valence-electron chi connectivity index (χ1n) is 7.80. The lowest BCUT2D eigenvalue weighted by Gasteiger charge is -2.28. The highest BCUT2D eigenvalue weighted by Crippen LogP contribution is 2.23. The highest BCUT2D eigenvalue weighted by atomic mass is 79.9. The molecule has 20 heavy (non-hydrogen) atoms. The zero-order valence-corrected chi connectivity index (χ0v) is 14.3. The Morgan fingerprint density at radius 2 is 1.90 bits per heavy atom. The van der Waals surface area contributed by atoms with Crippen molar-refractivity contribution in [3.05, 3.63) is 34.3 Å². The predicted molar refractivity (Wildman–Crippen MR) is 89.9 cm³/mol. The number of likely N-dealkylation sites (N-methyl/N-ethyl adjacent to an activating group) is 1. The van der Waals surface area contributed by atoms with Crippen LogP contribution in [0.3, 0.4) is 0 Å². The number of benzene rings is 1. The van der Waals surface area contributed by atoms with Crippen molar-refractivity contribution < 1.29 is 0 Å². The number of nitrogens with one attached hydrogen (secondary N) is 1. The summed E-state index contributed by atoms with van der Waals surface area (Å²) in [6.45, 7) is 5.58. The van der Waals surface area contributed by atoms with Gasteiger partial charge >= 0.3 is 0 Å². The van der Waals surface area contributed by atoms with Crippen LogP contribution in [0.4, 0.5) is 0 Å². The molecule has 3 heteroatoms. The Kier molecular flexibility index (Phi) is 6.53. The molecule has 1 saturated carbocycles. The Morgan fingerprint density at radius 3 is 2.60 bits per heavy atom. The summed E-state index contributed by atoms with van der Waals surface area (Å²) in [6.07, 6.45) is 5.50. The van der Waals surface area contributed by atoms with Crippen molar-refractivity contribution >= 4 is 15.9 Å². The molecule has 2 nitrogen and oxygen atoms in total. The third-order valence-corrected chi connectivity index (χ3v) is 5.11. The number of nitrogens with zero attached hydrogens (tertiary/aromatic N) is 1. The minimum atomic E-state index is 0.753. The molecule has 0 aromatic heterocycles. The fraction of sp³-hybridized carbons (Fsp3) is 0.647. The van der Waals surface area contributed by atoms with Crippen LogP contribution in [-0.2, 0) is 6.54 Å². The molecule has 1 aromatic rings. The summed E-state index contributed by atoms with van der Waals surface area (Å²) in [7, 11) is 2.20. The molecule has 0 spiro atoms. The maximum Gasteiger partial charge on any atom is 0.0242 e. The topological polar surface area (TPSA) is 15.3 Å². The summed E-state index contributed by atoms with van der Waals surface area (Å²) in [6, 6.07) is 9.23. The molecule has 1 N–H and O–H groups in total. The molecule has 1 aliphatic carbocycles. The standard InChI is InChI=1S/C17H27BrN2/c1-14-7-9-16(10-8-14)19-11-12-20(2)13-15-5-3-4-6-17(15)18/h3-6,14,16,19H,7-13H2,1-2H3. The van der Waals surface area contributed by atoms with Crippen LogP contribution in [0.5, 0.6) is 0 Å². The monoisotopic (exact) mass is 338 g/mol. The molecule has 0 aliphatic heterocycles. The van der Waals surface area contributed by atoms with E-state index in [0.717, 1.165) is 31.6 Å². The van der Waals surface area contributed by atoms with Gasteiger partial charge in [0.2, 0.25) is 0 Å². The van der Waals surface area contributed by atoms with E-state index >= 15 is 0 Å². The molecular weight excluding hydrogens is 312 g/mol. The van der Waals surface area contributed by atoms with E-state index in [1.54, 1.807) is 0 Å². The van der Waals surface area contributed by atoms with E-state index in [1.807, 2.05) is 0 Å². The lowest BCUT2D eigenvalue weighted by atomic mass is 9.87. The number of rotatable bonds is 6. The first kappa shape index (κ1) is 16.0. The van der Waals surface area contributed by atoms with Crippen LogP contribution in [0.2, 0.25) is 0 Å².